The van der Waals surface area contributed by atoms with Gasteiger partial charge in [0.05, 0.1) is 30.0 Å². The van der Waals surface area contributed by atoms with Gasteiger partial charge in [-0.3, -0.25) is 4.79 Å². The van der Waals surface area contributed by atoms with Crippen LogP contribution in [-0.2, 0) is 28.5 Å². The standard InChI is InChI=1S/C30H44O9/c1-15-9-23(36-4)26(34)27(38-15)39-22-11-17-5-6-19-25(28(17,2)12-20(22)31)21(32)13-29(3)18(7-8-30(19,29)35)16-10-24(33)37-14-16/h10,15,17-20,22-23,25-27,31,34-35H,5-9,11-14H2,1-4H3/t15-,17-,18-,19-,20-,22-,23-,25-,26?,27+,28+,29-,30+/m1/s1. The number of Topliss-reactive ketones (excluding diaryl/α,β-unsaturated/α-hetero) is 1. The van der Waals surface area contributed by atoms with E-state index in [2.05, 4.69) is 6.92 Å². The molecule has 2 heterocycles. The molecule has 39 heavy (non-hydrogen) atoms. The van der Waals surface area contributed by atoms with Crippen molar-refractivity contribution in [2.75, 3.05) is 13.7 Å². The monoisotopic (exact) mass is 548 g/mol. The van der Waals surface area contributed by atoms with Crippen molar-refractivity contribution in [2.24, 2.45) is 34.5 Å². The van der Waals surface area contributed by atoms with Gasteiger partial charge >= 0.3 is 5.97 Å². The third-order valence-electron chi connectivity index (χ3n) is 11.9. The fourth-order valence-corrected chi connectivity index (χ4v) is 9.88. The number of aliphatic hydroxyl groups excluding tert-OH is 2. The van der Waals surface area contributed by atoms with Crippen molar-refractivity contribution in [3.05, 3.63) is 11.6 Å². The van der Waals surface area contributed by atoms with E-state index < -0.39 is 47.1 Å². The Balaban J connectivity index is 1.22. The molecule has 0 bridgehead atoms. The number of carbonyl (C=O) groups excluding carboxylic acids is 2. The summed E-state index contributed by atoms with van der Waals surface area (Å²) in [6.45, 7) is 6.30. The minimum absolute atomic E-state index is 0.0562. The van der Waals surface area contributed by atoms with E-state index in [-0.39, 0.29) is 54.6 Å². The van der Waals surface area contributed by atoms with Crippen molar-refractivity contribution in [2.45, 2.75) is 115 Å². The smallest absolute Gasteiger partial charge is 0.331 e. The van der Waals surface area contributed by atoms with Gasteiger partial charge in [0.15, 0.2) is 6.29 Å². The minimum Gasteiger partial charge on any atom is -0.458 e. The molecule has 0 amide bonds. The number of carbonyl (C=O) groups is 2. The second kappa shape index (κ2) is 9.60. The van der Waals surface area contributed by atoms with Crippen LogP contribution in [0.1, 0.15) is 72.1 Å². The van der Waals surface area contributed by atoms with Crippen molar-refractivity contribution in [3.8, 4) is 0 Å². The van der Waals surface area contributed by atoms with Crippen LogP contribution < -0.4 is 0 Å². The van der Waals surface area contributed by atoms with Crippen LogP contribution in [0.25, 0.3) is 0 Å². The Morgan fingerprint density at radius 3 is 2.54 bits per heavy atom. The molecule has 1 saturated heterocycles. The average Bonchev–Trinajstić information content (AvgIpc) is 3.41. The fraction of sp³-hybridized carbons (Fsp3) is 0.867. The van der Waals surface area contributed by atoms with E-state index in [9.17, 15) is 24.9 Å². The van der Waals surface area contributed by atoms with Crippen LogP contribution >= 0.6 is 0 Å². The molecule has 1 unspecified atom stereocenters. The molecule has 9 heteroatoms. The SMILES string of the molecule is CO[C@@H]1C[C@@H](C)O[C@@H](O[C@@H]2C[C@H]3CC[C@@H]4[C@H](C(=O)C[C@]5(C)[C@@H](C6=CC(=O)OC6)CC[C@]45O)[C@@]3(C)C[C@H]2O)C1O. The number of aliphatic hydroxyl groups is 3. The summed E-state index contributed by atoms with van der Waals surface area (Å²) in [5.41, 5.74) is -1.22. The summed E-state index contributed by atoms with van der Waals surface area (Å²) in [6.07, 6.45) is 2.54. The molecule has 6 rings (SSSR count). The molecule has 4 saturated carbocycles. The highest BCUT2D eigenvalue weighted by Crippen LogP contribution is 2.69. The molecule has 0 aromatic rings. The molecule has 0 aromatic carbocycles. The van der Waals surface area contributed by atoms with E-state index in [4.69, 9.17) is 18.9 Å². The van der Waals surface area contributed by atoms with Crippen molar-refractivity contribution in [1.82, 2.24) is 0 Å². The van der Waals surface area contributed by atoms with Gasteiger partial charge in [0, 0.05) is 37.4 Å². The summed E-state index contributed by atoms with van der Waals surface area (Å²) >= 11 is 0. The van der Waals surface area contributed by atoms with Crippen LogP contribution in [0.4, 0.5) is 0 Å². The maximum absolute atomic E-state index is 14.0. The molecule has 0 aromatic heterocycles. The van der Waals surface area contributed by atoms with Crippen LogP contribution in [0.2, 0.25) is 0 Å². The van der Waals surface area contributed by atoms with Gasteiger partial charge in [-0.05, 0) is 74.2 Å². The Labute approximate surface area is 230 Å². The highest BCUT2D eigenvalue weighted by Gasteiger charge is 2.70. The van der Waals surface area contributed by atoms with Crippen LogP contribution in [0, 0.1) is 34.5 Å². The summed E-state index contributed by atoms with van der Waals surface area (Å²) in [4.78, 5) is 25.9. The maximum atomic E-state index is 14.0. The van der Waals surface area contributed by atoms with Crippen LogP contribution in [0.5, 0.6) is 0 Å². The van der Waals surface area contributed by atoms with E-state index in [1.54, 1.807) is 13.2 Å². The number of rotatable bonds is 4. The quantitative estimate of drug-likeness (QED) is 0.358. The zero-order chi connectivity index (χ0) is 27.9. The van der Waals surface area contributed by atoms with Gasteiger partial charge in [-0.15, -0.1) is 0 Å². The highest BCUT2D eigenvalue weighted by molar-refractivity contribution is 5.86. The molecular weight excluding hydrogens is 504 g/mol. The summed E-state index contributed by atoms with van der Waals surface area (Å²) in [7, 11) is 1.56. The molecule has 4 aliphatic carbocycles. The Hall–Kier alpha value is -1.36. The number of ketones is 1. The first-order chi connectivity index (χ1) is 18.4. The normalized spacial score (nSPS) is 53.5. The van der Waals surface area contributed by atoms with Crippen molar-refractivity contribution >= 4 is 11.8 Å². The first kappa shape index (κ1) is 27.8. The number of methoxy groups -OCH3 is 1. The lowest BCUT2D eigenvalue weighted by molar-refractivity contribution is -0.300. The van der Waals surface area contributed by atoms with Gasteiger partial charge in [0.2, 0.25) is 0 Å². The van der Waals surface area contributed by atoms with E-state index in [1.807, 2.05) is 13.8 Å². The van der Waals surface area contributed by atoms with E-state index in [1.165, 1.54) is 0 Å². The molecule has 218 valence electrons. The number of cyclic esters (lactones) is 1. The van der Waals surface area contributed by atoms with E-state index in [0.29, 0.717) is 25.7 Å². The Morgan fingerprint density at radius 2 is 1.85 bits per heavy atom. The summed E-state index contributed by atoms with van der Waals surface area (Å²) < 4.78 is 22.7. The number of fused-ring (bicyclic) bond motifs is 5. The lowest BCUT2D eigenvalue weighted by Gasteiger charge is -2.63. The van der Waals surface area contributed by atoms with Crippen molar-refractivity contribution in [3.63, 3.8) is 0 Å². The number of ether oxygens (including phenoxy) is 4. The van der Waals surface area contributed by atoms with Gasteiger partial charge < -0.3 is 34.3 Å². The van der Waals surface area contributed by atoms with Gasteiger partial charge in [-0.1, -0.05) is 13.8 Å². The second-order valence-electron chi connectivity index (χ2n) is 13.8. The van der Waals surface area contributed by atoms with Gasteiger partial charge in [0.1, 0.15) is 18.5 Å². The predicted octanol–water partition coefficient (Wildman–Crippen LogP) is 2.29. The summed E-state index contributed by atoms with van der Waals surface area (Å²) in [6, 6.07) is 0. The lowest BCUT2D eigenvalue weighted by atomic mass is 9.42. The maximum Gasteiger partial charge on any atom is 0.331 e. The fourth-order valence-electron chi connectivity index (χ4n) is 9.88. The second-order valence-corrected chi connectivity index (χ2v) is 13.8. The Morgan fingerprint density at radius 1 is 1.08 bits per heavy atom. The van der Waals surface area contributed by atoms with Gasteiger partial charge in [-0.25, -0.2) is 4.79 Å². The molecule has 6 aliphatic rings. The Bertz CT molecular complexity index is 1040. The van der Waals surface area contributed by atoms with E-state index in [0.717, 1.165) is 24.8 Å². The zero-order valence-electron chi connectivity index (χ0n) is 23.5. The predicted molar refractivity (Wildman–Crippen MR) is 138 cm³/mol. The van der Waals surface area contributed by atoms with Crippen molar-refractivity contribution < 1.29 is 43.9 Å². The number of hydrogen-bond acceptors (Lipinski definition) is 9. The topological polar surface area (TPSA) is 132 Å². The molecular formula is C30H44O9. The minimum atomic E-state index is -1.01. The summed E-state index contributed by atoms with van der Waals surface area (Å²) in [5, 5.41) is 34.5. The third-order valence-corrected chi connectivity index (χ3v) is 11.9. The van der Waals surface area contributed by atoms with Crippen molar-refractivity contribution in [1.29, 1.82) is 0 Å². The molecule has 0 spiro atoms. The van der Waals surface area contributed by atoms with Crippen LogP contribution in [0.3, 0.4) is 0 Å². The Kier molecular flexibility index (Phi) is 6.84. The number of hydrogen-bond donors (Lipinski definition) is 3. The van der Waals surface area contributed by atoms with Crippen LogP contribution in [0.15, 0.2) is 11.6 Å². The van der Waals surface area contributed by atoms with Gasteiger partial charge in [0.25, 0.3) is 0 Å². The van der Waals surface area contributed by atoms with Gasteiger partial charge in [-0.2, -0.15) is 0 Å². The highest BCUT2D eigenvalue weighted by atomic mass is 16.7. The summed E-state index contributed by atoms with van der Waals surface area (Å²) in [5.74, 6) is -0.631. The largest absolute Gasteiger partial charge is 0.458 e. The zero-order valence-corrected chi connectivity index (χ0v) is 23.5. The molecule has 2 aliphatic heterocycles. The molecule has 0 radical (unpaired) electrons. The first-order valence-electron chi connectivity index (χ1n) is 14.7. The lowest BCUT2D eigenvalue weighted by Crippen LogP contribution is -2.66. The molecule has 13 atom stereocenters. The van der Waals surface area contributed by atoms with Crippen LogP contribution in [-0.4, -0.2) is 83.2 Å². The molecule has 3 N–H and O–H groups in total. The molecule has 5 fully saturated rings. The number of esters is 1. The third kappa shape index (κ3) is 4.09. The van der Waals surface area contributed by atoms with E-state index >= 15 is 0 Å². The first-order valence-corrected chi connectivity index (χ1v) is 14.7. The molecule has 9 nitrogen and oxygen atoms in total. The average molecular weight is 549 g/mol.